The molecule has 0 saturated heterocycles. The van der Waals surface area contributed by atoms with E-state index in [9.17, 15) is 0 Å². The van der Waals surface area contributed by atoms with E-state index in [-0.39, 0.29) is 0 Å². The van der Waals surface area contributed by atoms with Gasteiger partial charge in [-0.25, -0.2) is 4.98 Å². The lowest BCUT2D eigenvalue weighted by Gasteiger charge is -2.10. The zero-order valence-corrected chi connectivity index (χ0v) is 18.8. The maximum atomic E-state index is 4.65. The van der Waals surface area contributed by atoms with Crippen molar-refractivity contribution >= 4 is 21.9 Å². The molecule has 0 atom stereocenters. The lowest BCUT2D eigenvalue weighted by Crippen LogP contribution is -2.10. The van der Waals surface area contributed by atoms with E-state index in [1.165, 1.54) is 0 Å². The van der Waals surface area contributed by atoms with Gasteiger partial charge in [0.2, 0.25) is 0 Å². The van der Waals surface area contributed by atoms with Crippen molar-refractivity contribution in [1.29, 1.82) is 0 Å². The van der Waals surface area contributed by atoms with E-state index in [4.69, 9.17) is 0 Å². The van der Waals surface area contributed by atoms with Gasteiger partial charge in [-0.2, -0.15) is 5.10 Å². The molecular formula is C26H22N8. The number of H-pyrrole nitrogens is 2. The Hall–Kier alpha value is -4.43. The molecule has 0 aromatic carbocycles. The van der Waals surface area contributed by atoms with Crippen LogP contribution in [0.3, 0.4) is 0 Å². The Bertz CT molecular complexity index is 1610. The summed E-state index contributed by atoms with van der Waals surface area (Å²) >= 11 is 0. The van der Waals surface area contributed by atoms with Crippen molar-refractivity contribution < 1.29 is 0 Å². The van der Waals surface area contributed by atoms with Crippen LogP contribution in [0.1, 0.15) is 5.56 Å². The first-order chi connectivity index (χ1) is 16.7. The van der Waals surface area contributed by atoms with Crippen LogP contribution in [0.4, 0.5) is 0 Å². The quantitative estimate of drug-likeness (QED) is 0.399. The molecule has 0 aliphatic rings. The molecule has 6 aromatic heterocycles. The second kappa shape index (κ2) is 8.17. The summed E-state index contributed by atoms with van der Waals surface area (Å²) in [5.74, 6) is 0. The van der Waals surface area contributed by atoms with Crippen LogP contribution in [0.15, 0.2) is 73.4 Å². The smallest absolute Gasteiger partial charge is 0.138 e. The van der Waals surface area contributed by atoms with Crippen LogP contribution in [-0.2, 0) is 6.54 Å². The van der Waals surface area contributed by atoms with Gasteiger partial charge in [-0.15, -0.1) is 0 Å². The van der Waals surface area contributed by atoms with Crippen LogP contribution >= 0.6 is 0 Å². The van der Waals surface area contributed by atoms with Gasteiger partial charge in [0, 0.05) is 53.2 Å². The first kappa shape index (κ1) is 20.2. The summed E-state index contributed by atoms with van der Waals surface area (Å²) in [5, 5.41) is 9.68. The van der Waals surface area contributed by atoms with E-state index < -0.39 is 0 Å². The minimum atomic E-state index is 0.796. The number of rotatable bonds is 5. The van der Waals surface area contributed by atoms with Gasteiger partial charge < -0.3 is 9.88 Å². The predicted molar refractivity (Wildman–Crippen MR) is 133 cm³/mol. The van der Waals surface area contributed by atoms with Crippen LogP contribution in [0.25, 0.3) is 55.8 Å². The van der Waals surface area contributed by atoms with E-state index in [0.717, 1.165) is 67.9 Å². The number of hydrogen-bond donors (Lipinski definition) is 2. The normalized spacial score (nSPS) is 11.6. The fourth-order valence-electron chi connectivity index (χ4n) is 4.26. The van der Waals surface area contributed by atoms with Crippen molar-refractivity contribution in [2.75, 3.05) is 14.1 Å². The van der Waals surface area contributed by atoms with Crippen LogP contribution < -0.4 is 0 Å². The highest BCUT2D eigenvalue weighted by Gasteiger charge is 2.16. The molecule has 6 aromatic rings. The van der Waals surface area contributed by atoms with Gasteiger partial charge >= 0.3 is 0 Å². The Kier molecular flexibility index (Phi) is 4.85. The summed E-state index contributed by atoms with van der Waals surface area (Å²) in [7, 11) is 4.09. The highest BCUT2D eigenvalue weighted by atomic mass is 15.1. The fourth-order valence-corrected chi connectivity index (χ4v) is 4.26. The average Bonchev–Trinajstić information content (AvgIpc) is 3.48. The zero-order chi connectivity index (χ0) is 23.1. The molecule has 8 nitrogen and oxygen atoms in total. The number of aromatic amines is 2. The van der Waals surface area contributed by atoms with Crippen molar-refractivity contribution in [3.8, 4) is 33.9 Å². The minimum Gasteiger partial charge on any atom is -0.338 e. The third-order valence-corrected chi connectivity index (χ3v) is 5.76. The van der Waals surface area contributed by atoms with E-state index in [2.05, 4.69) is 58.2 Å². The van der Waals surface area contributed by atoms with Crippen molar-refractivity contribution in [3.05, 3.63) is 79.0 Å². The summed E-state index contributed by atoms with van der Waals surface area (Å²) < 4.78 is 0. The van der Waals surface area contributed by atoms with Crippen molar-refractivity contribution in [1.82, 2.24) is 40.0 Å². The van der Waals surface area contributed by atoms with Crippen LogP contribution in [0.5, 0.6) is 0 Å². The fraction of sp³-hybridized carbons (Fsp3) is 0.115. The monoisotopic (exact) mass is 446 g/mol. The highest BCUT2D eigenvalue weighted by molar-refractivity contribution is 5.99. The van der Waals surface area contributed by atoms with Gasteiger partial charge in [-0.3, -0.25) is 20.1 Å². The zero-order valence-electron chi connectivity index (χ0n) is 18.8. The SMILES string of the molecule is CN(C)Cc1cncc(-c2cc3c(-c4cc5c(-c6ccccn6)ccnc5[nH]4)n[nH]c3cn2)c1. The minimum absolute atomic E-state index is 0.796. The Morgan fingerprint density at radius 2 is 1.79 bits per heavy atom. The lowest BCUT2D eigenvalue weighted by atomic mass is 10.1. The van der Waals surface area contributed by atoms with Crippen molar-refractivity contribution in [2.45, 2.75) is 6.54 Å². The summed E-state index contributed by atoms with van der Waals surface area (Å²) in [6.45, 7) is 0.820. The molecule has 0 aliphatic carbocycles. The van der Waals surface area contributed by atoms with Gasteiger partial charge in [0.05, 0.1) is 28.8 Å². The maximum Gasteiger partial charge on any atom is 0.138 e. The molecule has 0 fully saturated rings. The Morgan fingerprint density at radius 1 is 0.853 bits per heavy atom. The van der Waals surface area contributed by atoms with Gasteiger partial charge in [-0.05, 0) is 56.1 Å². The standard InChI is InChI=1S/C26H22N8/c1-34(2)15-16-9-17(13-27-12-16)22-11-20-24(14-30-22)32-33-25(20)23-10-19-18(6-8-29-26(19)31-23)21-5-3-4-7-28-21/h3-14H,15H2,1-2H3,(H,29,31)(H,32,33). The topological polar surface area (TPSA) is 99.3 Å². The second-order valence-corrected chi connectivity index (χ2v) is 8.53. The van der Waals surface area contributed by atoms with E-state index in [1.807, 2.05) is 57.0 Å². The molecule has 34 heavy (non-hydrogen) atoms. The maximum absolute atomic E-state index is 4.65. The molecule has 2 N–H and O–H groups in total. The van der Waals surface area contributed by atoms with Gasteiger partial charge in [0.1, 0.15) is 11.3 Å². The Balaban J connectivity index is 1.45. The van der Waals surface area contributed by atoms with E-state index in [1.54, 1.807) is 12.4 Å². The van der Waals surface area contributed by atoms with Crippen molar-refractivity contribution in [2.24, 2.45) is 0 Å². The molecule has 0 saturated carbocycles. The molecule has 0 radical (unpaired) electrons. The number of pyridine rings is 4. The van der Waals surface area contributed by atoms with Gasteiger partial charge in [0.25, 0.3) is 0 Å². The largest absolute Gasteiger partial charge is 0.338 e. The summed E-state index contributed by atoms with van der Waals surface area (Å²) in [6.07, 6.45) is 9.15. The lowest BCUT2D eigenvalue weighted by molar-refractivity contribution is 0.402. The number of nitrogens with one attached hydrogen (secondary N) is 2. The van der Waals surface area contributed by atoms with E-state index in [0.29, 0.717) is 0 Å². The second-order valence-electron chi connectivity index (χ2n) is 8.53. The first-order valence-corrected chi connectivity index (χ1v) is 11.0. The van der Waals surface area contributed by atoms with Crippen LogP contribution in [-0.4, -0.2) is 54.1 Å². The summed E-state index contributed by atoms with van der Waals surface area (Å²) in [4.78, 5) is 23.7. The van der Waals surface area contributed by atoms with Gasteiger partial charge in [0.15, 0.2) is 0 Å². The highest BCUT2D eigenvalue weighted by Crippen LogP contribution is 2.33. The third-order valence-electron chi connectivity index (χ3n) is 5.76. The molecular weight excluding hydrogens is 424 g/mol. The predicted octanol–water partition coefficient (Wildman–Crippen LogP) is 4.69. The Labute approximate surface area is 195 Å². The molecule has 0 bridgehead atoms. The molecule has 0 unspecified atom stereocenters. The molecule has 8 heteroatoms. The molecule has 0 spiro atoms. The summed E-state index contributed by atoms with van der Waals surface area (Å²) in [6, 6.07) is 14.2. The summed E-state index contributed by atoms with van der Waals surface area (Å²) in [5.41, 5.74) is 8.27. The number of fused-ring (bicyclic) bond motifs is 2. The van der Waals surface area contributed by atoms with E-state index >= 15 is 0 Å². The first-order valence-electron chi connectivity index (χ1n) is 11.0. The Morgan fingerprint density at radius 3 is 2.65 bits per heavy atom. The molecule has 6 heterocycles. The number of hydrogen-bond acceptors (Lipinski definition) is 6. The molecule has 166 valence electrons. The molecule has 0 aliphatic heterocycles. The number of nitrogens with zero attached hydrogens (tertiary/aromatic N) is 6. The third kappa shape index (κ3) is 3.60. The van der Waals surface area contributed by atoms with Crippen LogP contribution in [0.2, 0.25) is 0 Å². The molecule has 6 rings (SSSR count). The van der Waals surface area contributed by atoms with Gasteiger partial charge in [-0.1, -0.05) is 6.07 Å². The average molecular weight is 447 g/mol. The molecule has 0 amide bonds. The van der Waals surface area contributed by atoms with Crippen LogP contribution in [0, 0.1) is 0 Å². The number of aromatic nitrogens is 7. The van der Waals surface area contributed by atoms with Crippen molar-refractivity contribution in [3.63, 3.8) is 0 Å².